The standard InChI is InChI=1S/C13H20N2O/c1-9(10-7-8-10)13(15-14)11-5-3-4-6-12(11)16-2/h3-6,9-10,13,15H,7-8,14H2,1-2H3. The first-order chi connectivity index (χ1) is 7.77. The molecule has 16 heavy (non-hydrogen) atoms. The second-order valence-corrected chi connectivity index (χ2v) is 4.58. The maximum Gasteiger partial charge on any atom is 0.123 e. The number of hydrazine groups is 1. The van der Waals surface area contributed by atoms with Gasteiger partial charge in [-0.25, -0.2) is 0 Å². The van der Waals surface area contributed by atoms with E-state index in [9.17, 15) is 0 Å². The summed E-state index contributed by atoms with van der Waals surface area (Å²) in [5.74, 6) is 7.97. The normalized spacial score (nSPS) is 19.2. The molecule has 88 valence electrons. The van der Waals surface area contributed by atoms with Crippen LogP contribution in [0.3, 0.4) is 0 Å². The average molecular weight is 220 g/mol. The molecule has 3 nitrogen and oxygen atoms in total. The van der Waals surface area contributed by atoms with Gasteiger partial charge in [0.2, 0.25) is 0 Å². The van der Waals surface area contributed by atoms with Crippen LogP contribution in [-0.2, 0) is 0 Å². The van der Waals surface area contributed by atoms with Crippen LogP contribution in [0.1, 0.15) is 31.4 Å². The molecule has 0 heterocycles. The molecular weight excluding hydrogens is 200 g/mol. The van der Waals surface area contributed by atoms with Gasteiger partial charge in [-0.05, 0) is 30.7 Å². The van der Waals surface area contributed by atoms with Crippen molar-refractivity contribution < 1.29 is 4.74 Å². The van der Waals surface area contributed by atoms with Crippen LogP contribution in [0.2, 0.25) is 0 Å². The summed E-state index contributed by atoms with van der Waals surface area (Å²) in [4.78, 5) is 0. The number of para-hydroxylation sites is 1. The minimum Gasteiger partial charge on any atom is -0.496 e. The number of benzene rings is 1. The van der Waals surface area contributed by atoms with E-state index in [0.717, 1.165) is 17.2 Å². The first-order valence-electron chi connectivity index (χ1n) is 5.87. The molecular formula is C13H20N2O. The van der Waals surface area contributed by atoms with Crippen molar-refractivity contribution in [2.24, 2.45) is 17.7 Å². The number of rotatable bonds is 5. The van der Waals surface area contributed by atoms with Gasteiger partial charge in [0.25, 0.3) is 0 Å². The smallest absolute Gasteiger partial charge is 0.123 e. The van der Waals surface area contributed by atoms with Gasteiger partial charge >= 0.3 is 0 Å². The number of nitrogens with two attached hydrogens (primary N) is 1. The molecule has 0 amide bonds. The van der Waals surface area contributed by atoms with Gasteiger partial charge in [-0.15, -0.1) is 0 Å². The number of hydrogen-bond acceptors (Lipinski definition) is 3. The molecule has 2 unspecified atom stereocenters. The van der Waals surface area contributed by atoms with Crippen LogP contribution in [0.4, 0.5) is 0 Å². The van der Waals surface area contributed by atoms with E-state index in [0.29, 0.717) is 5.92 Å². The Morgan fingerprint density at radius 2 is 2.06 bits per heavy atom. The maximum absolute atomic E-state index is 5.69. The van der Waals surface area contributed by atoms with Crippen molar-refractivity contribution in [3.05, 3.63) is 29.8 Å². The van der Waals surface area contributed by atoms with Crippen LogP contribution < -0.4 is 16.0 Å². The number of methoxy groups -OCH3 is 1. The van der Waals surface area contributed by atoms with Crippen molar-refractivity contribution in [3.63, 3.8) is 0 Å². The molecule has 1 aliphatic rings. The zero-order valence-electron chi connectivity index (χ0n) is 9.94. The van der Waals surface area contributed by atoms with Gasteiger partial charge in [-0.1, -0.05) is 25.1 Å². The molecule has 0 saturated heterocycles. The lowest BCUT2D eigenvalue weighted by Crippen LogP contribution is -2.33. The summed E-state index contributed by atoms with van der Waals surface area (Å²) in [5, 5.41) is 0. The third-order valence-electron chi connectivity index (χ3n) is 3.54. The average Bonchev–Trinajstić information content (AvgIpc) is 3.14. The Morgan fingerprint density at radius 1 is 1.38 bits per heavy atom. The summed E-state index contributed by atoms with van der Waals surface area (Å²) in [6.45, 7) is 2.26. The third kappa shape index (κ3) is 2.20. The second-order valence-electron chi connectivity index (χ2n) is 4.58. The molecule has 1 fully saturated rings. The highest BCUT2D eigenvalue weighted by Gasteiger charge is 2.34. The van der Waals surface area contributed by atoms with Crippen LogP contribution >= 0.6 is 0 Å². The monoisotopic (exact) mass is 220 g/mol. The zero-order valence-corrected chi connectivity index (χ0v) is 9.94. The summed E-state index contributed by atoms with van der Waals surface area (Å²) in [5.41, 5.74) is 4.09. The van der Waals surface area contributed by atoms with E-state index >= 15 is 0 Å². The highest BCUT2D eigenvalue weighted by Crippen LogP contribution is 2.43. The molecule has 1 aliphatic carbocycles. The van der Waals surface area contributed by atoms with E-state index in [1.54, 1.807) is 7.11 Å². The molecule has 1 aromatic rings. The fraction of sp³-hybridized carbons (Fsp3) is 0.538. The third-order valence-corrected chi connectivity index (χ3v) is 3.54. The Balaban J connectivity index is 2.24. The summed E-state index contributed by atoms with van der Waals surface area (Å²) in [6.07, 6.45) is 2.66. The molecule has 3 heteroatoms. The van der Waals surface area contributed by atoms with E-state index in [2.05, 4.69) is 18.4 Å². The van der Waals surface area contributed by atoms with Gasteiger partial charge in [0.15, 0.2) is 0 Å². The van der Waals surface area contributed by atoms with Crippen molar-refractivity contribution in [2.45, 2.75) is 25.8 Å². The van der Waals surface area contributed by atoms with Crippen LogP contribution in [0.25, 0.3) is 0 Å². The lowest BCUT2D eigenvalue weighted by atomic mass is 9.90. The Hall–Kier alpha value is -1.06. The molecule has 2 rings (SSSR count). The van der Waals surface area contributed by atoms with Crippen molar-refractivity contribution in [3.8, 4) is 5.75 Å². The topological polar surface area (TPSA) is 47.3 Å². The van der Waals surface area contributed by atoms with E-state index in [1.165, 1.54) is 12.8 Å². The van der Waals surface area contributed by atoms with Gasteiger partial charge in [0.1, 0.15) is 5.75 Å². The number of ether oxygens (including phenoxy) is 1. The SMILES string of the molecule is COc1ccccc1C(NN)C(C)C1CC1. The molecule has 0 spiro atoms. The molecule has 1 saturated carbocycles. The van der Waals surface area contributed by atoms with Crippen LogP contribution in [0.5, 0.6) is 5.75 Å². The molecule has 0 aliphatic heterocycles. The molecule has 0 bridgehead atoms. The molecule has 0 radical (unpaired) electrons. The fourth-order valence-corrected chi connectivity index (χ4v) is 2.34. The minimum absolute atomic E-state index is 0.184. The summed E-state index contributed by atoms with van der Waals surface area (Å²) in [6, 6.07) is 8.27. The highest BCUT2D eigenvalue weighted by molar-refractivity contribution is 5.36. The van der Waals surface area contributed by atoms with E-state index < -0.39 is 0 Å². The second kappa shape index (κ2) is 4.85. The van der Waals surface area contributed by atoms with Crippen molar-refractivity contribution in [1.29, 1.82) is 0 Å². The van der Waals surface area contributed by atoms with E-state index in [-0.39, 0.29) is 6.04 Å². The Labute approximate surface area is 97.0 Å². The minimum atomic E-state index is 0.184. The first kappa shape index (κ1) is 11.4. The summed E-state index contributed by atoms with van der Waals surface area (Å²) < 4.78 is 5.38. The number of nitrogens with one attached hydrogen (secondary N) is 1. The van der Waals surface area contributed by atoms with Gasteiger partial charge in [0, 0.05) is 5.56 Å². The zero-order chi connectivity index (χ0) is 11.5. The van der Waals surface area contributed by atoms with E-state index in [1.807, 2.05) is 18.2 Å². The van der Waals surface area contributed by atoms with Crippen molar-refractivity contribution >= 4 is 0 Å². The predicted octanol–water partition coefficient (Wildman–Crippen LogP) is 2.25. The van der Waals surface area contributed by atoms with E-state index in [4.69, 9.17) is 10.6 Å². The number of hydrogen-bond donors (Lipinski definition) is 2. The van der Waals surface area contributed by atoms with Gasteiger partial charge in [-0.3, -0.25) is 11.3 Å². The van der Waals surface area contributed by atoms with Gasteiger partial charge in [-0.2, -0.15) is 0 Å². The maximum atomic E-state index is 5.69. The summed E-state index contributed by atoms with van der Waals surface area (Å²) >= 11 is 0. The molecule has 3 N–H and O–H groups in total. The Kier molecular flexibility index (Phi) is 3.46. The lowest BCUT2D eigenvalue weighted by molar-refractivity contribution is 0.335. The Bertz CT molecular complexity index is 350. The van der Waals surface area contributed by atoms with Crippen LogP contribution in [0, 0.1) is 11.8 Å². The van der Waals surface area contributed by atoms with Crippen molar-refractivity contribution in [1.82, 2.24) is 5.43 Å². The van der Waals surface area contributed by atoms with Gasteiger partial charge < -0.3 is 4.74 Å². The lowest BCUT2D eigenvalue weighted by Gasteiger charge is -2.25. The molecule has 0 aromatic heterocycles. The summed E-state index contributed by atoms with van der Waals surface area (Å²) in [7, 11) is 1.70. The highest BCUT2D eigenvalue weighted by atomic mass is 16.5. The van der Waals surface area contributed by atoms with Gasteiger partial charge in [0.05, 0.1) is 13.2 Å². The van der Waals surface area contributed by atoms with Crippen LogP contribution in [0.15, 0.2) is 24.3 Å². The molecule has 1 aromatic carbocycles. The van der Waals surface area contributed by atoms with Crippen LogP contribution in [-0.4, -0.2) is 7.11 Å². The Morgan fingerprint density at radius 3 is 2.62 bits per heavy atom. The predicted molar refractivity (Wildman–Crippen MR) is 64.9 cm³/mol. The fourth-order valence-electron chi connectivity index (χ4n) is 2.34. The quantitative estimate of drug-likeness (QED) is 0.591. The van der Waals surface area contributed by atoms with Crippen molar-refractivity contribution in [2.75, 3.05) is 7.11 Å². The first-order valence-corrected chi connectivity index (χ1v) is 5.87. The molecule has 2 atom stereocenters. The largest absolute Gasteiger partial charge is 0.496 e.